The van der Waals surface area contributed by atoms with Crippen LogP contribution < -0.4 is 15.0 Å². The summed E-state index contributed by atoms with van der Waals surface area (Å²) < 4.78 is 33.5. The summed E-state index contributed by atoms with van der Waals surface area (Å²) >= 11 is 0. The minimum atomic E-state index is -3.96. The van der Waals surface area contributed by atoms with Crippen molar-refractivity contribution in [3.05, 3.63) is 53.1 Å². The smallest absolute Gasteiger partial charge is 0.244 e. The van der Waals surface area contributed by atoms with E-state index in [1.165, 1.54) is 14.2 Å². The zero-order chi connectivity index (χ0) is 29.8. The lowest BCUT2D eigenvalue weighted by Gasteiger charge is -2.28. The van der Waals surface area contributed by atoms with Crippen LogP contribution >= 0.6 is 0 Å². The summed E-state index contributed by atoms with van der Waals surface area (Å²) in [7, 11) is 6.81. The third-order valence-corrected chi connectivity index (χ3v) is 9.77. The van der Waals surface area contributed by atoms with Crippen LogP contribution in [0.25, 0.3) is 0 Å². The first-order chi connectivity index (χ1) is 18.7. The topological polar surface area (TPSA) is 102 Å². The number of sulfonamides is 1. The summed E-state index contributed by atoms with van der Waals surface area (Å²) in [5.41, 5.74) is 1.96. The minimum absolute atomic E-state index is 0.167. The van der Waals surface area contributed by atoms with Crippen molar-refractivity contribution >= 4 is 27.5 Å². The Hall–Kier alpha value is -3.15. The normalized spacial score (nSPS) is 14.2. The van der Waals surface area contributed by atoms with Crippen molar-refractivity contribution in [1.29, 1.82) is 0 Å². The number of methoxy groups -OCH3 is 1. The van der Waals surface area contributed by atoms with E-state index in [4.69, 9.17) is 4.74 Å². The Bertz CT molecular complexity index is 1300. The minimum Gasteiger partial charge on any atom is -0.497 e. The summed E-state index contributed by atoms with van der Waals surface area (Å²) in [6.07, 6.45) is 0.782. The quantitative estimate of drug-likeness (QED) is 0.392. The van der Waals surface area contributed by atoms with E-state index in [0.717, 1.165) is 28.6 Å². The molecule has 1 fully saturated rings. The van der Waals surface area contributed by atoms with Crippen molar-refractivity contribution in [3.63, 3.8) is 0 Å². The Morgan fingerprint density at radius 1 is 0.950 bits per heavy atom. The van der Waals surface area contributed by atoms with Crippen LogP contribution in [0, 0.1) is 13.8 Å². The maximum atomic E-state index is 13.6. The molecule has 2 amide bonds. The van der Waals surface area contributed by atoms with Crippen LogP contribution in [0.1, 0.15) is 29.5 Å². The third-order valence-electron chi connectivity index (χ3n) is 7.54. The van der Waals surface area contributed by atoms with Crippen LogP contribution in [0.3, 0.4) is 0 Å². The maximum Gasteiger partial charge on any atom is 0.244 e. The number of benzene rings is 2. The van der Waals surface area contributed by atoms with Crippen molar-refractivity contribution in [2.75, 3.05) is 66.9 Å². The average Bonchev–Trinajstić information content (AvgIpc) is 3.71. The van der Waals surface area contributed by atoms with Crippen LogP contribution in [0.2, 0.25) is 0 Å². The van der Waals surface area contributed by atoms with Gasteiger partial charge in [0.1, 0.15) is 11.3 Å². The molecule has 1 N–H and O–H groups in total. The van der Waals surface area contributed by atoms with Gasteiger partial charge in [-0.1, -0.05) is 12.1 Å². The van der Waals surface area contributed by atoms with Gasteiger partial charge in [0.15, 0.2) is 0 Å². The molecule has 0 bridgehead atoms. The highest BCUT2D eigenvalue weighted by atomic mass is 32.2. The summed E-state index contributed by atoms with van der Waals surface area (Å²) in [6.45, 7) is 5.46. The van der Waals surface area contributed by atoms with Crippen LogP contribution in [0.5, 0.6) is 5.75 Å². The molecule has 3 rings (SSSR count). The molecule has 0 aromatic heterocycles. The molecule has 0 atom stereocenters. The van der Waals surface area contributed by atoms with Crippen molar-refractivity contribution in [2.24, 2.45) is 0 Å². The molecule has 220 valence electrons. The number of hydrogen-bond donors (Lipinski definition) is 1. The summed E-state index contributed by atoms with van der Waals surface area (Å²) in [6, 6.07) is 11.4. The summed E-state index contributed by atoms with van der Waals surface area (Å²) in [4.78, 5) is 32.0. The number of rotatable bonds is 13. The lowest BCUT2D eigenvalue weighted by Crippen LogP contribution is -2.51. The molecule has 2 aromatic carbocycles. The second-order valence-electron chi connectivity index (χ2n) is 10.9. The van der Waals surface area contributed by atoms with Crippen molar-refractivity contribution in [1.82, 2.24) is 19.4 Å². The number of nitrogens with zero attached hydrogens (tertiary/aromatic N) is 4. The van der Waals surface area contributed by atoms with Crippen molar-refractivity contribution < 1.29 is 22.7 Å². The number of ether oxygens (including phenoxy) is 1. The molecule has 40 heavy (non-hydrogen) atoms. The number of anilines is 1. The van der Waals surface area contributed by atoms with Gasteiger partial charge in [0.05, 0.1) is 18.6 Å². The molecule has 11 heteroatoms. The Morgan fingerprint density at radius 3 is 2.02 bits per heavy atom. The number of hydrogen-bond acceptors (Lipinski definition) is 7. The zero-order valence-corrected chi connectivity index (χ0v) is 25.8. The van der Waals surface area contributed by atoms with E-state index in [1.54, 1.807) is 37.9 Å². The lowest BCUT2D eigenvalue weighted by atomic mass is 10.1. The van der Waals surface area contributed by atoms with E-state index in [9.17, 15) is 18.0 Å². The molecule has 0 aliphatic heterocycles. The van der Waals surface area contributed by atoms with Gasteiger partial charge in [-0.3, -0.25) is 9.59 Å². The number of nitrogens with one attached hydrogen (secondary N) is 1. The predicted molar refractivity (Wildman–Crippen MR) is 157 cm³/mol. The monoisotopic (exact) mass is 573 g/mol. The van der Waals surface area contributed by atoms with E-state index < -0.39 is 21.5 Å². The first-order valence-corrected chi connectivity index (χ1v) is 14.8. The first kappa shape index (κ1) is 31.4. The summed E-state index contributed by atoms with van der Waals surface area (Å²) in [5, 5.41) is 2.68. The Kier molecular flexibility index (Phi) is 9.86. The fourth-order valence-electron chi connectivity index (χ4n) is 4.76. The molecule has 0 radical (unpaired) electrons. The Balaban J connectivity index is 1.59. The second-order valence-corrected chi connectivity index (χ2v) is 12.8. The van der Waals surface area contributed by atoms with Gasteiger partial charge in [0.25, 0.3) is 0 Å². The standard InChI is InChI=1S/C29H43N5O5S/c1-21-17-25(39-8)18-22(2)27(21)40(37,38)34(7)29(13-14-29)28(36)30-19-26(35)33(6)20-23-9-11-24(12-10-23)32(5)16-15-31(3)4/h9-12,17-18H,13-16,19-20H2,1-8H3,(H,30,36). The maximum absolute atomic E-state index is 13.6. The molecule has 1 saturated carbocycles. The molecule has 1 aliphatic carbocycles. The second kappa shape index (κ2) is 12.6. The Morgan fingerprint density at radius 2 is 1.52 bits per heavy atom. The number of amides is 2. The van der Waals surface area contributed by atoms with Crippen LogP contribution in [0.4, 0.5) is 5.69 Å². The third kappa shape index (κ3) is 6.94. The van der Waals surface area contributed by atoms with E-state index in [-0.39, 0.29) is 17.3 Å². The lowest BCUT2D eigenvalue weighted by molar-refractivity contribution is -0.133. The van der Waals surface area contributed by atoms with E-state index in [0.29, 0.717) is 36.3 Å². The number of likely N-dealkylation sites (N-methyl/N-ethyl adjacent to an activating group) is 4. The van der Waals surface area contributed by atoms with Gasteiger partial charge in [-0.15, -0.1) is 0 Å². The average molecular weight is 574 g/mol. The molecular weight excluding hydrogens is 530 g/mol. The van der Waals surface area contributed by atoms with Gasteiger partial charge < -0.3 is 24.8 Å². The Labute approximate surface area is 238 Å². The van der Waals surface area contributed by atoms with Gasteiger partial charge in [-0.2, -0.15) is 4.31 Å². The first-order valence-electron chi connectivity index (χ1n) is 13.3. The number of carbonyl (C=O) groups is 2. The molecule has 2 aromatic rings. The molecule has 0 spiro atoms. The SMILES string of the molecule is COc1cc(C)c(S(=O)(=O)N(C)C2(C(=O)NCC(=O)N(C)Cc3ccc(N(C)CCN(C)C)cc3)CC2)c(C)c1. The van der Waals surface area contributed by atoms with Gasteiger partial charge >= 0.3 is 0 Å². The fourth-order valence-corrected chi connectivity index (χ4v) is 6.69. The van der Waals surface area contributed by atoms with Gasteiger partial charge in [-0.25, -0.2) is 8.42 Å². The van der Waals surface area contributed by atoms with E-state index >= 15 is 0 Å². The van der Waals surface area contributed by atoms with E-state index in [1.807, 2.05) is 45.4 Å². The molecule has 10 nitrogen and oxygen atoms in total. The van der Waals surface area contributed by atoms with Crippen molar-refractivity contribution in [3.8, 4) is 5.75 Å². The van der Waals surface area contributed by atoms with Crippen LogP contribution in [0.15, 0.2) is 41.3 Å². The predicted octanol–water partition coefficient (Wildman–Crippen LogP) is 2.24. The molecule has 1 aliphatic rings. The number of carbonyl (C=O) groups excluding carboxylic acids is 2. The molecule has 0 saturated heterocycles. The van der Waals surface area contributed by atoms with Crippen LogP contribution in [-0.4, -0.2) is 102 Å². The van der Waals surface area contributed by atoms with Gasteiger partial charge in [-0.05, 0) is 81.7 Å². The fraction of sp³-hybridized carbons (Fsp3) is 0.517. The molecular formula is C29H43N5O5S. The highest BCUT2D eigenvalue weighted by molar-refractivity contribution is 7.89. The molecule has 0 unspecified atom stereocenters. The summed E-state index contributed by atoms with van der Waals surface area (Å²) in [5.74, 6) is -0.153. The zero-order valence-electron chi connectivity index (χ0n) is 24.9. The van der Waals surface area contributed by atoms with E-state index in [2.05, 4.69) is 15.1 Å². The highest BCUT2D eigenvalue weighted by Gasteiger charge is 2.57. The van der Waals surface area contributed by atoms with Crippen LogP contribution in [-0.2, 0) is 26.2 Å². The highest BCUT2D eigenvalue weighted by Crippen LogP contribution is 2.44. The molecule has 0 heterocycles. The van der Waals surface area contributed by atoms with Gasteiger partial charge in [0, 0.05) is 46.5 Å². The van der Waals surface area contributed by atoms with Gasteiger partial charge in [0.2, 0.25) is 21.8 Å². The van der Waals surface area contributed by atoms with Crippen molar-refractivity contribution in [2.45, 2.75) is 43.7 Å². The number of aryl methyl sites for hydroxylation is 2. The largest absolute Gasteiger partial charge is 0.497 e.